The third-order valence-corrected chi connectivity index (χ3v) is 9.17. The second kappa shape index (κ2) is 9.97. The van der Waals surface area contributed by atoms with Crippen LogP contribution in [0, 0.1) is 0 Å². The predicted octanol–water partition coefficient (Wildman–Crippen LogP) is 10.3. The fraction of sp³-hybridized carbons (Fsp3) is 0. The first kappa shape index (κ1) is 21.1. The van der Waals surface area contributed by atoms with Crippen molar-refractivity contribution in [2.45, 2.75) is 0 Å². The maximum Gasteiger partial charge on any atom is 0.165 e. The van der Waals surface area contributed by atoms with Gasteiger partial charge in [-0.15, -0.1) is 11.3 Å². The molecule has 0 aliphatic carbocycles. The van der Waals surface area contributed by atoms with Gasteiger partial charge in [0.15, 0.2) is 17.5 Å². The highest BCUT2D eigenvalue weighted by molar-refractivity contribution is 7.26. The third-order valence-electron chi connectivity index (χ3n) is 7.97. The Labute approximate surface area is 263 Å². The number of rotatable bonds is 4. The molecule has 0 saturated carbocycles. The molecule has 3 heterocycles. The monoisotopic (exact) mass is 584 g/mol. The van der Waals surface area contributed by atoms with E-state index >= 15 is 0 Å². The third kappa shape index (κ3) is 3.94. The van der Waals surface area contributed by atoms with Crippen LogP contribution < -0.4 is 0 Å². The Hall–Kier alpha value is -5.65. The number of nitrogens with zero attached hydrogens (tertiary/aromatic N) is 4. The van der Waals surface area contributed by atoms with Crippen LogP contribution in [0.3, 0.4) is 0 Å². The zero-order valence-electron chi connectivity index (χ0n) is 27.2. The van der Waals surface area contributed by atoms with Crippen LogP contribution in [-0.2, 0) is 0 Å². The number of fused-ring (bicyclic) bond motifs is 6. The molecule has 0 fully saturated rings. The molecule has 3 aromatic heterocycles. The summed E-state index contributed by atoms with van der Waals surface area (Å²) in [6, 6.07) is 39.7. The van der Waals surface area contributed by atoms with Gasteiger partial charge < -0.3 is 4.57 Å². The molecule has 0 atom stereocenters. The largest absolute Gasteiger partial charge is 0.309 e. The summed E-state index contributed by atoms with van der Waals surface area (Å²) in [6.07, 6.45) is 0. The standard InChI is InChI=1S/C39H24N4S/c1-3-12-25(13-4-1)37-40-38(26-14-5-2-6-15-26)42-39(41-37)32-19-11-18-31-30-23-22-27(24-35(30)44-36(31)32)43-33-20-9-7-16-28(33)29-17-8-10-21-34(29)43/h1-24H/i7D,8D,20D,21D. The highest BCUT2D eigenvalue weighted by Gasteiger charge is 2.18. The van der Waals surface area contributed by atoms with Gasteiger partial charge in [0.2, 0.25) is 0 Å². The molecule has 5 heteroatoms. The van der Waals surface area contributed by atoms with Crippen molar-refractivity contribution in [3.63, 3.8) is 0 Å². The van der Waals surface area contributed by atoms with Crippen molar-refractivity contribution in [1.29, 1.82) is 0 Å². The zero-order chi connectivity index (χ0) is 32.5. The van der Waals surface area contributed by atoms with E-state index in [1.807, 2.05) is 77.4 Å². The Balaban J connectivity index is 1.27. The summed E-state index contributed by atoms with van der Waals surface area (Å²) < 4.78 is 38.2. The van der Waals surface area contributed by atoms with Crippen LogP contribution in [0.25, 0.3) is 81.8 Å². The number of para-hydroxylation sites is 2. The Morgan fingerprint density at radius 1 is 0.523 bits per heavy atom. The van der Waals surface area contributed by atoms with E-state index in [0.717, 1.165) is 42.6 Å². The van der Waals surface area contributed by atoms with Gasteiger partial charge in [-0.2, -0.15) is 0 Å². The van der Waals surface area contributed by atoms with Crippen LogP contribution in [0.2, 0.25) is 0 Å². The van der Waals surface area contributed by atoms with E-state index in [-0.39, 0.29) is 24.2 Å². The lowest BCUT2D eigenvalue weighted by atomic mass is 10.1. The summed E-state index contributed by atoms with van der Waals surface area (Å²) in [5.41, 5.74) is 4.79. The summed E-state index contributed by atoms with van der Waals surface area (Å²) in [5.74, 6) is 1.81. The van der Waals surface area contributed by atoms with E-state index in [4.69, 9.17) is 20.4 Å². The Kier molecular flexibility index (Phi) is 4.78. The summed E-state index contributed by atoms with van der Waals surface area (Å²) in [7, 11) is 0. The molecule has 9 rings (SSSR count). The zero-order valence-corrected chi connectivity index (χ0v) is 24.1. The van der Waals surface area contributed by atoms with Crippen LogP contribution in [0.15, 0.2) is 145 Å². The SMILES string of the molecule is [2H]c1cc([2H])c2c(c1)c1cc([2H])cc([2H])c1n2-c1ccc2c(c1)sc1c(-c3nc(-c4ccccc4)nc(-c4ccccc4)n3)cccc12. The first-order chi connectivity index (χ1) is 23.4. The lowest BCUT2D eigenvalue weighted by Crippen LogP contribution is -2.00. The van der Waals surface area contributed by atoms with Crippen molar-refractivity contribution >= 4 is 53.3 Å². The molecular weight excluding hydrogens is 557 g/mol. The predicted molar refractivity (Wildman–Crippen MR) is 183 cm³/mol. The number of hydrogen-bond donors (Lipinski definition) is 0. The van der Waals surface area contributed by atoms with Crippen molar-refractivity contribution in [1.82, 2.24) is 19.5 Å². The van der Waals surface area contributed by atoms with E-state index in [9.17, 15) is 0 Å². The van der Waals surface area contributed by atoms with E-state index < -0.39 is 0 Å². The van der Waals surface area contributed by atoms with Gasteiger partial charge in [-0.1, -0.05) is 115 Å². The molecule has 0 spiro atoms. The summed E-state index contributed by atoms with van der Waals surface area (Å²) in [4.78, 5) is 14.8. The lowest BCUT2D eigenvalue weighted by molar-refractivity contribution is 1.08. The first-order valence-corrected chi connectivity index (χ1v) is 15.1. The molecule has 0 bridgehead atoms. The molecule has 44 heavy (non-hydrogen) atoms. The Morgan fingerprint density at radius 3 is 1.77 bits per heavy atom. The smallest absolute Gasteiger partial charge is 0.165 e. The van der Waals surface area contributed by atoms with Gasteiger partial charge in [0.1, 0.15) is 0 Å². The molecule has 0 unspecified atom stereocenters. The number of aromatic nitrogens is 4. The molecule has 0 amide bonds. The molecule has 0 aliphatic heterocycles. The molecule has 0 saturated heterocycles. The summed E-state index contributed by atoms with van der Waals surface area (Å²) >= 11 is 1.65. The van der Waals surface area contributed by atoms with Gasteiger partial charge in [-0.05, 0) is 30.3 Å². The van der Waals surface area contributed by atoms with Gasteiger partial charge >= 0.3 is 0 Å². The van der Waals surface area contributed by atoms with Crippen LogP contribution in [0.1, 0.15) is 5.48 Å². The average Bonchev–Trinajstić information content (AvgIpc) is 3.64. The van der Waals surface area contributed by atoms with Crippen molar-refractivity contribution in [3.05, 3.63) is 145 Å². The second-order valence-electron chi connectivity index (χ2n) is 10.6. The van der Waals surface area contributed by atoms with Crippen LogP contribution in [0.5, 0.6) is 0 Å². The fourth-order valence-electron chi connectivity index (χ4n) is 5.94. The highest BCUT2D eigenvalue weighted by Crippen LogP contribution is 2.41. The van der Waals surface area contributed by atoms with Crippen LogP contribution in [0.4, 0.5) is 0 Å². The minimum absolute atomic E-state index is 0.205. The maximum atomic E-state index is 8.82. The first-order valence-electron chi connectivity index (χ1n) is 16.3. The van der Waals surface area contributed by atoms with Crippen molar-refractivity contribution in [2.75, 3.05) is 0 Å². The van der Waals surface area contributed by atoms with E-state index in [1.165, 1.54) is 12.1 Å². The van der Waals surface area contributed by atoms with Gasteiger partial charge in [0, 0.05) is 53.3 Å². The molecule has 206 valence electrons. The quantitative estimate of drug-likeness (QED) is 0.207. The minimum Gasteiger partial charge on any atom is -0.309 e. The van der Waals surface area contributed by atoms with Gasteiger partial charge in [0.05, 0.1) is 16.5 Å². The Morgan fingerprint density at radius 2 is 1.14 bits per heavy atom. The minimum atomic E-state index is 0.205. The van der Waals surface area contributed by atoms with Crippen molar-refractivity contribution in [3.8, 4) is 39.9 Å². The molecule has 6 aromatic carbocycles. The van der Waals surface area contributed by atoms with Crippen LogP contribution in [-0.4, -0.2) is 19.5 Å². The van der Waals surface area contributed by atoms with E-state index in [2.05, 4.69) is 24.3 Å². The number of thiophene rings is 1. The lowest BCUT2D eigenvalue weighted by Gasteiger charge is -2.09. The molecule has 0 aliphatic rings. The molecule has 0 radical (unpaired) electrons. The molecule has 4 nitrogen and oxygen atoms in total. The van der Waals surface area contributed by atoms with Gasteiger partial charge in [-0.25, -0.2) is 15.0 Å². The fourth-order valence-corrected chi connectivity index (χ4v) is 7.19. The van der Waals surface area contributed by atoms with Crippen molar-refractivity contribution < 1.29 is 5.48 Å². The van der Waals surface area contributed by atoms with Crippen molar-refractivity contribution in [2.24, 2.45) is 0 Å². The van der Waals surface area contributed by atoms with Gasteiger partial charge in [-0.3, -0.25) is 0 Å². The highest BCUT2D eigenvalue weighted by atomic mass is 32.1. The normalized spacial score (nSPS) is 12.9. The van der Waals surface area contributed by atoms with Crippen LogP contribution >= 0.6 is 11.3 Å². The van der Waals surface area contributed by atoms with Gasteiger partial charge in [0.25, 0.3) is 0 Å². The maximum absolute atomic E-state index is 8.82. The Bertz CT molecular complexity index is 2600. The van der Waals surface area contributed by atoms with E-state index in [0.29, 0.717) is 39.3 Å². The summed E-state index contributed by atoms with van der Waals surface area (Å²) in [6.45, 7) is 0. The number of hydrogen-bond acceptors (Lipinski definition) is 4. The summed E-state index contributed by atoms with van der Waals surface area (Å²) in [5, 5.41) is 3.56. The van der Waals surface area contributed by atoms with E-state index in [1.54, 1.807) is 23.5 Å². The topological polar surface area (TPSA) is 43.6 Å². The molecule has 9 aromatic rings. The average molecular weight is 585 g/mol. The second-order valence-corrected chi connectivity index (χ2v) is 11.6. The number of benzene rings is 6. The molecular formula is C39H24N4S. The molecule has 0 N–H and O–H groups in total.